The molecule has 7 nitrogen and oxygen atoms in total. The van der Waals surface area contributed by atoms with Crippen molar-refractivity contribution >= 4 is 29.1 Å². The lowest BCUT2D eigenvalue weighted by Gasteiger charge is -3.10. The van der Waals surface area contributed by atoms with Crippen LogP contribution in [0.25, 0.3) is 0 Å². The smallest absolute Gasteiger partial charge is 0.338 e. The van der Waals surface area contributed by atoms with Crippen molar-refractivity contribution in [1.82, 2.24) is 10.3 Å². The van der Waals surface area contributed by atoms with E-state index in [1.54, 1.807) is 25.3 Å². The maximum Gasteiger partial charge on any atom is 0.338 e. The van der Waals surface area contributed by atoms with E-state index in [1.165, 1.54) is 23.5 Å². The number of carbonyl (C=O) groups excluding carboxylic acids is 1. The SMILES string of the molecule is CCOC(=O)C1=C(C23C4C5C2C2C3C4C52C(=O)O)NC(c2nccs2)=N[C@H]1c1ccc(F)cc1. The molecule has 0 radical (unpaired) electrons. The van der Waals surface area contributed by atoms with Crippen molar-refractivity contribution in [2.24, 2.45) is 51.3 Å². The summed E-state index contributed by atoms with van der Waals surface area (Å²) < 4.78 is 19.2. The van der Waals surface area contributed by atoms with E-state index in [0.29, 0.717) is 39.7 Å². The van der Waals surface area contributed by atoms with E-state index >= 15 is 0 Å². The number of ether oxygens (including phenoxy) is 1. The summed E-state index contributed by atoms with van der Waals surface area (Å²) in [6.07, 6.45) is 1.71. The first kappa shape index (κ1) is 19.3. The Labute approximate surface area is 197 Å². The number of hydrogen-bond acceptors (Lipinski definition) is 7. The Hall–Kier alpha value is -3.07. The van der Waals surface area contributed by atoms with Crippen molar-refractivity contribution in [1.29, 1.82) is 0 Å². The largest absolute Gasteiger partial charge is 0.481 e. The lowest BCUT2D eigenvalue weighted by molar-refractivity contribution is -0.633. The third kappa shape index (κ3) is 1.65. The predicted molar refractivity (Wildman–Crippen MR) is 118 cm³/mol. The number of benzene rings is 1. The Balaban J connectivity index is 1.28. The number of nitrogens with one attached hydrogen (secondary N) is 1. The molecule has 0 amide bonds. The monoisotopic (exact) mass is 477 g/mol. The molecule has 2 N–H and O–H groups in total. The zero-order valence-corrected chi connectivity index (χ0v) is 18.9. The highest BCUT2D eigenvalue weighted by Crippen LogP contribution is 3.11. The molecule has 2 heterocycles. The molecule has 0 bridgehead atoms. The second-order valence-corrected chi connectivity index (χ2v) is 11.1. The van der Waals surface area contributed by atoms with E-state index in [-0.39, 0.29) is 35.6 Å². The highest BCUT2D eigenvalue weighted by molar-refractivity contribution is 7.11. The van der Waals surface area contributed by atoms with Crippen LogP contribution < -0.4 is 5.32 Å². The van der Waals surface area contributed by atoms with Gasteiger partial charge in [-0.05, 0) is 60.1 Å². The average Bonchev–Trinajstić information content (AvgIpc) is 3.38. The van der Waals surface area contributed by atoms with Gasteiger partial charge in [0.25, 0.3) is 0 Å². The summed E-state index contributed by atoms with van der Waals surface area (Å²) in [6, 6.07) is 5.41. The van der Waals surface area contributed by atoms with Crippen LogP contribution in [0.2, 0.25) is 0 Å². The van der Waals surface area contributed by atoms with E-state index < -0.39 is 23.4 Å². The first-order valence-electron chi connectivity index (χ1n) is 11.6. The number of aliphatic carboxylic acids is 1. The van der Waals surface area contributed by atoms with Gasteiger partial charge in [0, 0.05) is 22.7 Å². The van der Waals surface area contributed by atoms with Crippen LogP contribution >= 0.6 is 11.3 Å². The highest BCUT2D eigenvalue weighted by Gasteiger charge is 3.12. The Morgan fingerprint density at radius 2 is 1.82 bits per heavy atom. The molecular formula is C25H20FN3O4S. The number of esters is 1. The van der Waals surface area contributed by atoms with E-state index in [9.17, 15) is 19.1 Å². The third-order valence-corrected chi connectivity index (χ3v) is 10.6. The van der Waals surface area contributed by atoms with Crippen molar-refractivity contribution in [2.45, 2.75) is 13.0 Å². The topological polar surface area (TPSA) is 101 Å². The van der Waals surface area contributed by atoms with Gasteiger partial charge in [0.05, 0.1) is 17.6 Å². The van der Waals surface area contributed by atoms with Crippen LogP contribution in [0.3, 0.4) is 0 Å². The maximum absolute atomic E-state index is 13.7. The minimum atomic E-state index is -0.649. The van der Waals surface area contributed by atoms with Gasteiger partial charge >= 0.3 is 11.9 Å². The fourth-order valence-electron chi connectivity index (χ4n) is 9.10. The fourth-order valence-corrected chi connectivity index (χ4v) is 9.69. The van der Waals surface area contributed by atoms with Gasteiger partial charge in [0.2, 0.25) is 0 Å². The zero-order valence-electron chi connectivity index (χ0n) is 18.1. The molecule has 0 saturated heterocycles. The van der Waals surface area contributed by atoms with Crippen LogP contribution in [0, 0.1) is 52.2 Å². The van der Waals surface area contributed by atoms with Crippen LogP contribution in [0.15, 0.2) is 52.1 Å². The average molecular weight is 478 g/mol. The van der Waals surface area contributed by atoms with Crippen LogP contribution in [0.4, 0.5) is 4.39 Å². The van der Waals surface area contributed by atoms with E-state index in [4.69, 9.17) is 9.73 Å². The number of rotatable bonds is 6. The molecule has 1 aromatic heterocycles. The number of aromatic nitrogens is 1. The van der Waals surface area contributed by atoms with Crippen molar-refractivity contribution in [2.75, 3.05) is 6.61 Å². The zero-order chi connectivity index (χ0) is 23.1. The van der Waals surface area contributed by atoms with E-state index in [2.05, 4.69) is 10.3 Å². The number of thiazole rings is 1. The summed E-state index contributed by atoms with van der Waals surface area (Å²) in [7, 11) is 0. The molecule has 6 fully saturated rings. The number of halogens is 1. The lowest BCUT2D eigenvalue weighted by Crippen LogP contribution is -3.11. The van der Waals surface area contributed by atoms with Crippen molar-refractivity contribution in [3.8, 4) is 0 Å². The summed E-state index contributed by atoms with van der Waals surface area (Å²) in [5, 5.41) is 16.0. The Kier molecular flexibility index (Phi) is 3.26. The molecule has 6 aliphatic carbocycles. The number of hydrogen-bond donors (Lipinski definition) is 2. The quantitative estimate of drug-likeness (QED) is 0.621. The van der Waals surface area contributed by atoms with Crippen molar-refractivity contribution in [3.05, 3.63) is 63.5 Å². The third-order valence-electron chi connectivity index (χ3n) is 9.79. The molecule has 1 atom stereocenters. The molecular weight excluding hydrogens is 457 g/mol. The minimum absolute atomic E-state index is 0.198. The van der Waals surface area contributed by atoms with E-state index in [1.807, 2.05) is 5.38 Å². The normalized spacial score (nSPS) is 43.1. The van der Waals surface area contributed by atoms with Gasteiger partial charge in [0.1, 0.15) is 11.9 Å². The molecule has 1 aromatic carbocycles. The molecule has 1 aliphatic heterocycles. The summed E-state index contributed by atoms with van der Waals surface area (Å²) >= 11 is 1.45. The van der Waals surface area contributed by atoms with Crippen LogP contribution in [0.5, 0.6) is 0 Å². The van der Waals surface area contributed by atoms with Gasteiger partial charge in [-0.1, -0.05) is 12.1 Å². The Bertz CT molecular complexity index is 1310. The second-order valence-electron chi connectivity index (χ2n) is 10.2. The second kappa shape index (κ2) is 5.76. The minimum Gasteiger partial charge on any atom is -0.481 e. The van der Waals surface area contributed by atoms with Gasteiger partial charge in [-0.25, -0.2) is 14.2 Å². The molecule has 172 valence electrons. The first-order chi connectivity index (χ1) is 16.5. The van der Waals surface area contributed by atoms with Gasteiger partial charge in [-0.2, -0.15) is 0 Å². The Morgan fingerprint density at radius 1 is 1.15 bits per heavy atom. The standard InChI is InChI=1S/C25H20FN3O4S/c1-2-33-22(30)11-18(9-3-5-10(26)6-4-9)28-20(21-27-7-8-34-21)29-19(11)24-12-15-13(24)17-14(24)16(12)25(15,17)23(31)32/h3-8,12-18H,2H2,1H3,(H,28,29)(H,31,32)/t12?,13?,14?,15?,16?,17?,18-,24?,25?/m0/s1. The Morgan fingerprint density at radius 3 is 2.38 bits per heavy atom. The molecule has 9 heteroatoms. The number of carboxylic acid groups (broad SMARTS) is 1. The molecule has 0 unspecified atom stereocenters. The summed E-state index contributed by atoms with van der Waals surface area (Å²) in [4.78, 5) is 34.7. The number of carboxylic acids is 1. The lowest BCUT2D eigenvalue weighted by atomic mass is 8.92. The summed E-state index contributed by atoms with van der Waals surface area (Å²) in [6.45, 7) is 2.00. The van der Waals surface area contributed by atoms with Crippen LogP contribution in [0.1, 0.15) is 23.5 Å². The summed E-state index contributed by atoms with van der Waals surface area (Å²) in [5.74, 6) is 0.688. The predicted octanol–water partition coefficient (Wildman–Crippen LogP) is 3.01. The molecule has 6 saturated carbocycles. The van der Waals surface area contributed by atoms with Crippen LogP contribution in [-0.2, 0) is 14.3 Å². The fraction of sp³-hybridized carbons (Fsp3) is 0.440. The maximum atomic E-state index is 13.7. The number of amidine groups is 1. The number of aliphatic imine (C=N–C) groups is 1. The van der Waals surface area contributed by atoms with Crippen molar-refractivity contribution in [3.63, 3.8) is 0 Å². The van der Waals surface area contributed by atoms with E-state index in [0.717, 1.165) is 5.70 Å². The van der Waals surface area contributed by atoms with Crippen LogP contribution in [-0.4, -0.2) is 34.5 Å². The van der Waals surface area contributed by atoms with Gasteiger partial charge in [-0.3, -0.25) is 9.79 Å². The van der Waals surface area contributed by atoms with Gasteiger partial charge in [0.15, 0.2) is 10.8 Å². The molecule has 2 aromatic rings. The molecule has 7 aliphatic rings. The molecule has 0 spiro atoms. The number of nitrogens with zero attached hydrogens (tertiary/aromatic N) is 2. The summed E-state index contributed by atoms with van der Waals surface area (Å²) in [5.41, 5.74) is 1.31. The molecule has 34 heavy (non-hydrogen) atoms. The van der Waals surface area contributed by atoms with Gasteiger partial charge < -0.3 is 15.2 Å². The first-order valence-corrected chi connectivity index (χ1v) is 12.5. The van der Waals surface area contributed by atoms with Gasteiger partial charge in [-0.15, -0.1) is 11.3 Å². The van der Waals surface area contributed by atoms with Crippen molar-refractivity contribution < 1.29 is 23.8 Å². The number of carbonyl (C=O) groups is 2. The highest BCUT2D eigenvalue weighted by atomic mass is 32.1. The molecule has 9 rings (SSSR count). The number of allylic oxidation sites excluding steroid dienone is 1.